The van der Waals surface area contributed by atoms with E-state index < -0.39 is 0 Å². The van der Waals surface area contributed by atoms with Crippen LogP contribution in [-0.4, -0.2) is 43.7 Å². The zero-order chi connectivity index (χ0) is 15.8. The van der Waals surface area contributed by atoms with Crippen LogP contribution in [-0.2, 0) is 7.05 Å². The molecular weight excluding hydrogens is 292 g/mol. The van der Waals surface area contributed by atoms with Crippen molar-refractivity contribution in [1.82, 2.24) is 24.5 Å². The van der Waals surface area contributed by atoms with E-state index in [2.05, 4.69) is 30.9 Å². The summed E-state index contributed by atoms with van der Waals surface area (Å²) in [5.74, 6) is 0.964. The van der Waals surface area contributed by atoms with Crippen LogP contribution in [0.5, 0.6) is 6.01 Å². The van der Waals surface area contributed by atoms with E-state index in [1.54, 1.807) is 18.7 Å². The largest absolute Gasteiger partial charge is 0.458 e. The van der Waals surface area contributed by atoms with Crippen molar-refractivity contribution in [2.75, 3.05) is 18.0 Å². The van der Waals surface area contributed by atoms with Gasteiger partial charge in [-0.15, -0.1) is 0 Å². The summed E-state index contributed by atoms with van der Waals surface area (Å²) in [7, 11) is 1.99. The summed E-state index contributed by atoms with van der Waals surface area (Å²) >= 11 is 0. The van der Waals surface area contributed by atoms with Crippen LogP contribution in [0.1, 0.15) is 12.0 Å². The van der Waals surface area contributed by atoms with Gasteiger partial charge in [-0.1, -0.05) is 0 Å². The summed E-state index contributed by atoms with van der Waals surface area (Å²) in [6.07, 6.45) is 8.17. The lowest BCUT2D eigenvalue weighted by atomic mass is 10.3. The van der Waals surface area contributed by atoms with Crippen molar-refractivity contribution in [2.24, 2.45) is 7.05 Å². The average Bonchev–Trinajstić information content (AvgIpc) is 3.17. The van der Waals surface area contributed by atoms with Crippen LogP contribution in [0.25, 0.3) is 11.0 Å². The molecule has 1 saturated heterocycles. The minimum atomic E-state index is 0.0754. The number of rotatable bonds is 3. The molecule has 118 valence electrons. The third-order valence-electron chi connectivity index (χ3n) is 4.11. The lowest BCUT2D eigenvalue weighted by Crippen LogP contribution is -2.26. The highest BCUT2D eigenvalue weighted by molar-refractivity contribution is 5.87. The predicted octanol–water partition coefficient (Wildman–Crippen LogP) is 1.72. The Morgan fingerprint density at radius 3 is 2.83 bits per heavy atom. The minimum absolute atomic E-state index is 0.0754. The Kier molecular flexibility index (Phi) is 3.33. The molecule has 1 atom stereocenters. The molecule has 3 aromatic rings. The molecule has 0 amide bonds. The predicted molar refractivity (Wildman–Crippen MR) is 86.5 cm³/mol. The monoisotopic (exact) mass is 310 g/mol. The molecule has 1 unspecified atom stereocenters. The van der Waals surface area contributed by atoms with Crippen LogP contribution in [0.4, 0.5) is 5.82 Å². The summed E-state index contributed by atoms with van der Waals surface area (Å²) in [6, 6.07) is 2.50. The van der Waals surface area contributed by atoms with Gasteiger partial charge in [-0.3, -0.25) is 0 Å². The standard InChI is InChI=1S/C16H18N6O/c1-11-7-17-16(18-8-11)23-12-3-6-22(9-12)15-13-4-5-21(2)14(13)19-10-20-15/h4-5,7-8,10,12H,3,6,9H2,1-2H3. The van der Waals surface area contributed by atoms with Crippen LogP contribution in [0.3, 0.4) is 0 Å². The SMILES string of the molecule is Cc1cnc(OC2CCN(c3ncnc4c3ccn4C)C2)nc1. The normalized spacial score (nSPS) is 17.8. The van der Waals surface area contributed by atoms with E-state index in [-0.39, 0.29) is 6.10 Å². The average molecular weight is 310 g/mol. The highest BCUT2D eigenvalue weighted by Gasteiger charge is 2.27. The van der Waals surface area contributed by atoms with Crippen LogP contribution >= 0.6 is 0 Å². The molecule has 1 fully saturated rings. The van der Waals surface area contributed by atoms with E-state index in [0.717, 1.165) is 41.9 Å². The fourth-order valence-corrected chi connectivity index (χ4v) is 2.92. The maximum Gasteiger partial charge on any atom is 0.316 e. The Bertz CT molecular complexity index is 828. The van der Waals surface area contributed by atoms with Gasteiger partial charge in [0, 0.05) is 38.6 Å². The molecule has 23 heavy (non-hydrogen) atoms. The smallest absolute Gasteiger partial charge is 0.316 e. The number of hydrogen-bond acceptors (Lipinski definition) is 6. The lowest BCUT2D eigenvalue weighted by Gasteiger charge is -2.18. The Hall–Kier alpha value is -2.70. The molecule has 7 nitrogen and oxygen atoms in total. The first-order valence-corrected chi connectivity index (χ1v) is 7.67. The highest BCUT2D eigenvalue weighted by atomic mass is 16.5. The molecule has 4 rings (SSSR count). The number of fused-ring (bicyclic) bond motifs is 1. The van der Waals surface area contributed by atoms with Crippen LogP contribution in [0.2, 0.25) is 0 Å². The first-order valence-electron chi connectivity index (χ1n) is 7.67. The van der Waals surface area contributed by atoms with Gasteiger partial charge in [0.1, 0.15) is 23.9 Å². The molecule has 0 aliphatic carbocycles. The summed E-state index contributed by atoms with van der Waals surface area (Å²) < 4.78 is 7.89. The van der Waals surface area contributed by atoms with Crippen molar-refractivity contribution in [3.05, 3.63) is 36.5 Å². The Labute approximate surface area is 134 Å². The van der Waals surface area contributed by atoms with Crippen molar-refractivity contribution in [3.63, 3.8) is 0 Å². The number of aromatic nitrogens is 5. The van der Waals surface area contributed by atoms with E-state index >= 15 is 0 Å². The second kappa shape index (κ2) is 5.49. The van der Waals surface area contributed by atoms with E-state index in [9.17, 15) is 0 Å². The first-order chi connectivity index (χ1) is 11.2. The maximum atomic E-state index is 5.89. The third-order valence-corrected chi connectivity index (χ3v) is 4.11. The maximum absolute atomic E-state index is 5.89. The van der Waals surface area contributed by atoms with Crippen molar-refractivity contribution in [3.8, 4) is 6.01 Å². The molecule has 1 aliphatic heterocycles. The number of nitrogens with zero attached hydrogens (tertiary/aromatic N) is 6. The first kappa shape index (κ1) is 13.9. The van der Waals surface area contributed by atoms with Gasteiger partial charge in [0.2, 0.25) is 0 Å². The Balaban J connectivity index is 1.52. The zero-order valence-electron chi connectivity index (χ0n) is 13.2. The molecule has 0 saturated carbocycles. The van der Waals surface area contributed by atoms with Crippen LogP contribution in [0.15, 0.2) is 31.0 Å². The molecular formula is C16H18N6O. The van der Waals surface area contributed by atoms with Crippen molar-refractivity contribution in [2.45, 2.75) is 19.4 Å². The number of aryl methyl sites for hydroxylation is 2. The van der Waals surface area contributed by atoms with Gasteiger partial charge in [0.05, 0.1) is 11.9 Å². The highest BCUT2D eigenvalue weighted by Crippen LogP contribution is 2.27. The molecule has 0 bridgehead atoms. The number of anilines is 1. The topological polar surface area (TPSA) is 69.0 Å². The van der Waals surface area contributed by atoms with E-state index in [0.29, 0.717) is 6.01 Å². The van der Waals surface area contributed by atoms with Gasteiger partial charge in [0.15, 0.2) is 0 Å². The van der Waals surface area contributed by atoms with E-state index in [1.165, 1.54) is 0 Å². The molecule has 1 aliphatic rings. The molecule has 0 N–H and O–H groups in total. The fraction of sp³-hybridized carbons (Fsp3) is 0.375. The van der Waals surface area contributed by atoms with Crippen LogP contribution < -0.4 is 9.64 Å². The summed E-state index contributed by atoms with van der Waals surface area (Å²) in [4.78, 5) is 19.5. The summed E-state index contributed by atoms with van der Waals surface area (Å²) in [6.45, 7) is 3.64. The number of ether oxygens (including phenoxy) is 1. The quantitative estimate of drug-likeness (QED) is 0.734. The zero-order valence-corrected chi connectivity index (χ0v) is 13.2. The van der Waals surface area contributed by atoms with Gasteiger partial charge >= 0.3 is 6.01 Å². The van der Waals surface area contributed by atoms with Gasteiger partial charge in [0.25, 0.3) is 0 Å². The number of hydrogen-bond donors (Lipinski definition) is 0. The molecule has 0 radical (unpaired) electrons. The fourth-order valence-electron chi connectivity index (χ4n) is 2.92. The van der Waals surface area contributed by atoms with Crippen molar-refractivity contribution >= 4 is 16.9 Å². The summed E-state index contributed by atoms with van der Waals surface area (Å²) in [5.41, 5.74) is 1.97. The van der Waals surface area contributed by atoms with Gasteiger partial charge < -0.3 is 14.2 Å². The summed E-state index contributed by atoms with van der Waals surface area (Å²) in [5, 5.41) is 1.07. The van der Waals surface area contributed by atoms with Gasteiger partial charge in [-0.25, -0.2) is 19.9 Å². The molecule has 7 heteroatoms. The Morgan fingerprint density at radius 2 is 2.00 bits per heavy atom. The van der Waals surface area contributed by atoms with Crippen molar-refractivity contribution in [1.29, 1.82) is 0 Å². The van der Waals surface area contributed by atoms with E-state index in [1.807, 2.05) is 24.7 Å². The molecule has 4 heterocycles. The molecule has 0 spiro atoms. The lowest BCUT2D eigenvalue weighted by molar-refractivity contribution is 0.206. The van der Waals surface area contributed by atoms with E-state index in [4.69, 9.17) is 4.74 Å². The molecule has 3 aromatic heterocycles. The van der Waals surface area contributed by atoms with Gasteiger partial charge in [-0.05, 0) is 18.6 Å². The third kappa shape index (κ3) is 2.58. The second-order valence-electron chi connectivity index (χ2n) is 5.88. The van der Waals surface area contributed by atoms with Crippen LogP contribution in [0, 0.1) is 6.92 Å². The Morgan fingerprint density at radius 1 is 1.17 bits per heavy atom. The van der Waals surface area contributed by atoms with Crippen molar-refractivity contribution < 1.29 is 4.74 Å². The molecule has 0 aromatic carbocycles. The second-order valence-corrected chi connectivity index (χ2v) is 5.88. The minimum Gasteiger partial charge on any atom is -0.458 e. The van der Waals surface area contributed by atoms with Gasteiger partial charge in [-0.2, -0.15) is 0 Å².